The van der Waals surface area contributed by atoms with Crippen LogP contribution in [0.3, 0.4) is 0 Å². The molecular weight excluding hydrogens is 519 g/mol. The molecule has 40 heavy (non-hydrogen) atoms. The van der Waals surface area contributed by atoms with Gasteiger partial charge in [0, 0.05) is 42.5 Å². The average Bonchev–Trinajstić information content (AvgIpc) is 3.55. The molecule has 2 saturated carbocycles. The fourth-order valence-corrected chi connectivity index (χ4v) is 6.59. The third kappa shape index (κ3) is 5.47. The topological polar surface area (TPSA) is 109 Å². The fourth-order valence-electron chi connectivity index (χ4n) is 6.59. The summed E-state index contributed by atoms with van der Waals surface area (Å²) in [6.45, 7) is 0.795. The summed E-state index contributed by atoms with van der Waals surface area (Å²) >= 11 is 0. The van der Waals surface area contributed by atoms with E-state index in [2.05, 4.69) is 30.5 Å². The van der Waals surface area contributed by atoms with E-state index in [1.165, 1.54) is 6.20 Å². The highest BCUT2D eigenvalue weighted by Crippen LogP contribution is 2.41. The van der Waals surface area contributed by atoms with Crippen LogP contribution >= 0.6 is 0 Å². The number of alkyl halides is 3. The average molecular weight is 552 g/mol. The molecule has 6 rings (SSSR count). The lowest BCUT2D eigenvalue weighted by Gasteiger charge is -2.40. The predicted octanol–water partition coefficient (Wildman–Crippen LogP) is 4.64. The molecular formula is C29H32F3N7O. The predicted molar refractivity (Wildman–Crippen MR) is 146 cm³/mol. The molecule has 1 aromatic carbocycles. The van der Waals surface area contributed by atoms with Crippen molar-refractivity contribution in [2.45, 2.75) is 68.9 Å². The van der Waals surface area contributed by atoms with Crippen LogP contribution in [0.2, 0.25) is 0 Å². The number of aromatic nitrogens is 3. The maximum Gasteiger partial charge on any atom is 0.434 e. The van der Waals surface area contributed by atoms with Crippen LogP contribution in [0.4, 0.5) is 24.8 Å². The third-order valence-corrected chi connectivity index (χ3v) is 8.47. The van der Waals surface area contributed by atoms with Crippen LogP contribution in [0.5, 0.6) is 0 Å². The molecule has 1 amide bonds. The molecule has 0 radical (unpaired) electrons. The van der Waals surface area contributed by atoms with Gasteiger partial charge < -0.3 is 21.3 Å². The van der Waals surface area contributed by atoms with E-state index in [0.29, 0.717) is 17.3 Å². The standard InChI is InChI=1S/C29H32F3N7O/c30-29(31,32)25-14-36-27(15-35-25)39-16-17-10-23(24(39)11-17)37-21-6-1-2-7-22(21)38-26-13-19(8-9-34-26)18-4-3-5-20(12-18)28(33)40/h3-5,8-9,12-15,17,21-24,37H,1-2,6-7,10-11,16H2,(H2,33,40)(H,34,38). The number of nitrogens with zero attached hydrogens (tertiary/aromatic N) is 4. The minimum absolute atomic E-state index is 0.178. The molecule has 3 fully saturated rings. The van der Waals surface area contributed by atoms with Gasteiger partial charge in [0.05, 0.1) is 12.4 Å². The van der Waals surface area contributed by atoms with Gasteiger partial charge in [0.2, 0.25) is 5.91 Å². The van der Waals surface area contributed by atoms with Crippen molar-refractivity contribution in [3.05, 3.63) is 66.2 Å². The molecule has 2 aromatic heterocycles. The molecule has 5 unspecified atom stereocenters. The van der Waals surface area contributed by atoms with Gasteiger partial charge in [-0.15, -0.1) is 0 Å². The summed E-state index contributed by atoms with van der Waals surface area (Å²) < 4.78 is 38.9. The fraction of sp³-hybridized carbons (Fsp3) is 0.448. The quantitative estimate of drug-likeness (QED) is 0.393. The molecule has 2 bridgehead atoms. The zero-order valence-electron chi connectivity index (χ0n) is 21.9. The maximum atomic E-state index is 13.0. The Kier molecular flexibility index (Phi) is 7.07. The van der Waals surface area contributed by atoms with Crippen molar-refractivity contribution in [3.63, 3.8) is 0 Å². The Bertz CT molecular complexity index is 1370. The Morgan fingerprint density at radius 1 is 0.950 bits per heavy atom. The summed E-state index contributed by atoms with van der Waals surface area (Å²) in [7, 11) is 0. The SMILES string of the molecule is NC(=O)c1cccc(-c2ccnc(NC3CCCCC3NC3CC4CC3N(c3cnc(C(F)(F)F)cn3)C4)c2)c1. The van der Waals surface area contributed by atoms with Crippen LogP contribution in [-0.4, -0.2) is 51.6 Å². The second-order valence-corrected chi connectivity index (χ2v) is 11.1. The van der Waals surface area contributed by atoms with Gasteiger partial charge in [-0.1, -0.05) is 25.0 Å². The van der Waals surface area contributed by atoms with E-state index in [4.69, 9.17) is 5.73 Å². The smallest absolute Gasteiger partial charge is 0.366 e. The van der Waals surface area contributed by atoms with E-state index in [1.54, 1.807) is 18.3 Å². The molecule has 5 atom stereocenters. The van der Waals surface area contributed by atoms with Gasteiger partial charge in [0.1, 0.15) is 11.6 Å². The monoisotopic (exact) mass is 551 g/mol. The number of anilines is 2. The molecule has 1 aliphatic heterocycles. The number of rotatable bonds is 7. The van der Waals surface area contributed by atoms with Crippen LogP contribution < -0.4 is 21.3 Å². The summed E-state index contributed by atoms with van der Waals surface area (Å²) in [5.41, 5.74) is 6.80. The highest BCUT2D eigenvalue weighted by molar-refractivity contribution is 5.94. The second kappa shape index (κ2) is 10.7. The molecule has 210 valence electrons. The number of nitrogens with one attached hydrogen (secondary N) is 2. The third-order valence-electron chi connectivity index (χ3n) is 8.47. The Morgan fingerprint density at radius 2 is 1.75 bits per heavy atom. The van der Waals surface area contributed by atoms with E-state index >= 15 is 0 Å². The van der Waals surface area contributed by atoms with Crippen LogP contribution in [0.15, 0.2) is 55.0 Å². The number of primary amides is 1. The summed E-state index contributed by atoms with van der Waals surface area (Å²) in [6, 6.07) is 12.0. The molecule has 11 heteroatoms. The highest BCUT2D eigenvalue weighted by Gasteiger charge is 2.47. The number of benzene rings is 1. The van der Waals surface area contributed by atoms with Crippen molar-refractivity contribution >= 4 is 17.5 Å². The normalized spacial score (nSPS) is 26.2. The number of carbonyl (C=O) groups is 1. The van der Waals surface area contributed by atoms with Gasteiger partial charge in [0.25, 0.3) is 0 Å². The van der Waals surface area contributed by atoms with Crippen LogP contribution in [0.25, 0.3) is 11.1 Å². The lowest BCUT2D eigenvalue weighted by Crippen LogP contribution is -2.56. The summed E-state index contributed by atoms with van der Waals surface area (Å²) in [6.07, 6.45) is 5.70. The Balaban J connectivity index is 1.14. The van der Waals surface area contributed by atoms with Gasteiger partial charge in [-0.25, -0.2) is 15.0 Å². The number of nitrogens with two attached hydrogens (primary N) is 1. The lowest BCUT2D eigenvalue weighted by molar-refractivity contribution is -0.141. The van der Waals surface area contributed by atoms with Gasteiger partial charge in [-0.3, -0.25) is 4.79 Å². The van der Waals surface area contributed by atoms with E-state index in [9.17, 15) is 18.0 Å². The molecule has 0 spiro atoms. The summed E-state index contributed by atoms with van der Waals surface area (Å²) in [4.78, 5) is 26.1. The van der Waals surface area contributed by atoms with Crippen molar-refractivity contribution in [1.29, 1.82) is 0 Å². The number of pyridine rings is 1. The number of carbonyl (C=O) groups excluding carboxylic acids is 1. The number of hydrogen-bond donors (Lipinski definition) is 3. The van der Waals surface area contributed by atoms with Gasteiger partial charge in [-0.05, 0) is 67.0 Å². The highest BCUT2D eigenvalue weighted by atomic mass is 19.4. The number of halogens is 3. The number of piperidine rings is 1. The molecule has 1 saturated heterocycles. The van der Waals surface area contributed by atoms with Crippen molar-refractivity contribution in [2.75, 3.05) is 16.8 Å². The summed E-state index contributed by atoms with van der Waals surface area (Å²) in [5.74, 6) is 1.30. The maximum absolute atomic E-state index is 13.0. The van der Waals surface area contributed by atoms with Crippen molar-refractivity contribution in [3.8, 4) is 11.1 Å². The molecule has 8 nitrogen and oxygen atoms in total. The summed E-state index contributed by atoms with van der Waals surface area (Å²) in [5, 5.41) is 7.56. The minimum Gasteiger partial charge on any atom is -0.366 e. The Hall–Kier alpha value is -3.73. The Labute approximate surface area is 230 Å². The first kappa shape index (κ1) is 26.5. The van der Waals surface area contributed by atoms with Crippen molar-refractivity contribution in [1.82, 2.24) is 20.3 Å². The van der Waals surface area contributed by atoms with Gasteiger partial charge in [-0.2, -0.15) is 13.2 Å². The first-order valence-corrected chi connectivity index (χ1v) is 13.8. The van der Waals surface area contributed by atoms with E-state index < -0.39 is 17.8 Å². The minimum atomic E-state index is -4.50. The lowest BCUT2D eigenvalue weighted by atomic mass is 9.89. The molecule has 3 heterocycles. The molecule has 2 aliphatic carbocycles. The van der Waals surface area contributed by atoms with E-state index in [-0.39, 0.29) is 24.2 Å². The van der Waals surface area contributed by atoms with Crippen molar-refractivity contribution < 1.29 is 18.0 Å². The molecule has 4 N–H and O–H groups in total. The van der Waals surface area contributed by atoms with Crippen LogP contribution in [-0.2, 0) is 6.18 Å². The van der Waals surface area contributed by atoms with Gasteiger partial charge in [0.15, 0.2) is 5.69 Å². The molecule has 3 aliphatic rings. The second-order valence-electron chi connectivity index (χ2n) is 11.1. The Morgan fingerprint density at radius 3 is 2.48 bits per heavy atom. The molecule has 3 aromatic rings. The zero-order chi connectivity index (χ0) is 27.9. The van der Waals surface area contributed by atoms with Crippen molar-refractivity contribution in [2.24, 2.45) is 11.7 Å². The number of amides is 1. The largest absolute Gasteiger partial charge is 0.434 e. The first-order chi connectivity index (χ1) is 19.2. The number of hydrogen-bond acceptors (Lipinski definition) is 7. The van der Waals surface area contributed by atoms with E-state index in [1.807, 2.05) is 24.3 Å². The van der Waals surface area contributed by atoms with E-state index in [0.717, 1.165) is 68.2 Å². The van der Waals surface area contributed by atoms with Crippen LogP contribution in [0, 0.1) is 5.92 Å². The first-order valence-electron chi connectivity index (χ1n) is 13.8. The zero-order valence-corrected chi connectivity index (χ0v) is 21.9. The van der Waals surface area contributed by atoms with Gasteiger partial charge >= 0.3 is 6.18 Å². The number of fused-ring (bicyclic) bond motifs is 2. The van der Waals surface area contributed by atoms with Crippen LogP contribution in [0.1, 0.15) is 54.6 Å².